The van der Waals surface area contributed by atoms with Gasteiger partial charge in [0.2, 0.25) is 0 Å². The molecule has 18 heavy (non-hydrogen) atoms. The van der Waals surface area contributed by atoms with Gasteiger partial charge in [0.25, 0.3) is 0 Å². The predicted octanol–water partition coefficient (Wildman–Crippen LogP) is 2.47. The molecule has 0 radical (unpaired) electrons. The lowest BCUT2D eigenvalue weighted by atomic mass is 9.95. The minimum absolute atomic E-state index is 0.189. The monoisotopic (exact) mass is 248 g/mol. The normalized spacial score (nSPS) is 22.6. The molecular weight excluding hydrogens is 228 g/mol. The van der Waals surface area contributed by atoms with Crippen LogP contribution >= 0.6 is 0 Å². The third-order valence-electron chi connectivity index (χ3n) is 3.71. The molecule has 1 aliphatic rings. The highest BCUT2D eigenvalue weighted by atomic mass is 16.4. The number of hydrogen-bond acceptors (Lipinski definition) is 3. The first-order chi connectivity index (χ1) is 8.74. The summed E-state index contributed by atoms with van der Waals surface area (Å²) in [6, 6.07) is 3.83. The largest absolute Gasteiger partial charge is 0.480 e. The van der Waals surface area contributed by atoms with E-state index in [1.807, 2.05) is 12.1 Å². The summed E-state index contributed by atoms with van der Waals surface area (Å²) in [7, 11) is 0. The van der Waals surface area contributed by atoms with Crippen LogP contribution in [0.5, 0.6) is 0 Å². The van der Waals surface area contributed by atoms with Gasteiger partial charge < -0.3 is 5.11 Å². The lowest BCUT2D eigenvalue weighted by Crippen LogP contribution is -2.46. The third-order valence-corrected chi connectivity index (χ3v) is 3.71. The molecule has 1 aromatic rings. The average molecular weight is 248 g/mol. The maximum atomic E-state index is 11.4. The quantitative estimate of drug-likeness (QED) is 0.889. The van der Waals surface area contributed by atoms with Crippen LogP contribution in [0.4, 0.5) is 0 Å². The Bertz CT molecular complexity index is 394. The second kappa shape index (κ2) is 5.96. The number of likely N-dealkylation sites (tertiary alicyclic amines) is 1. The molecule has 0 bridgehead atoms. The number of aromatic nitrogens is 1. The van der Waals surface area contributed by atoms with E-state index >= 15 is 0 Å². The molecule has 0 spiro atoms. The summed E-state index contributed by atoms with van der Waals surface area (Å²) in [6.45, 7) is 2.98. The fraction of sp³-hybridized carbons (Fsp3) is 0.571. The maximum absolute atomic E-state index is 11.4. The molecule has 0 aliphatic carbocycles. The molecule has 4 heteroatoms. The van der Waals surface area contributed by atoms with E-state index in [4.69, 9.17) is 0 Å². The zero-order valence-electron chi connectivity index (χ0n) is 10.7. The van der Waals surface area contributed by atoms with Crippen LogP contribution in [0, 0.1) is 0 Å². The summed E-state index contributed by atoms with van der Waals surface area (Å²) >= 11 is 0. The molecule has 0 aromatic carbocycles. The fourth-order valence-corrected chi connectivity index (χ4v) is 2.84. The van der Waals surface area contributed by atoms with Crippen LogP contribution in [-0.2, 0) is 4.79 Å². The molecule has 2 rings (SSSR count). The Morgan fingerprint density at radius 3 is 2.83 bits per heavy atom. The van der Waals surface area contributed by atoms with E-state index in [0.29, 0.717) is 0 Å². The van der Waals surface area contributed by atoms with E-state index in [0.717, 1.165) is 32.2 Å². The number of aliphatic carboxylic acids is 1. The van der Waals surface area contributed by atoms with Gasteiger partial charge in [-0.05, 0) is 43.5 Å². The van der Waals surface area contributed by atoms with Gasteiger partial charge in [0, 0.05) is 18.4 Å². The molecule has 1 saturated heterocycles. The Kier molecular flexibility index (Phi) is 4.31. The van der Waals surface area contributed by atoms with Crippen LogP contribution < -0.4 is 0 Å². The van der Waals surface area contributed by atoms with Gasteiger partial charge in [0.1, 0.15) is 6.04 Å². The summed E-state index contributed by atoms with van der Waals surface area (Å²) in [5.41, 5.74) is 1.17. The first-order valence-corrected chi connectivity index (χ1v) is 6.62. The molecule has 2 heterocycles. The summed E-state index contributed by atoms with van der Waals surface area (Å²) < 4.78 is 0. The van der Waals surface area contributed by atoms with Crippen molar-refractivity contribution in [2.75, 3.05) is 6.54 Å². The maximum Gasteiger partial charge on any atom is 0.320 e. The van der Waals surface area contributed by atoms with E-state index in [1.165, 1.54) is 5.56 Å². The Balaban J connectivity index is 2.22. The Morgan fingerprint density at radius 1 is 1.50 bits per heavy atom. The topological polar surface area (TPSA) is 53.4 Å². The van der Waals surface area contributed by atoms with Gasteiger partial charge in [-0.3, -0.25) is 14.7 Å². The average Bonchev–Trinajstić information content (AvgIpc) is 2.41. The molecule has 1 fully saturated rings. The number of carbonyl (C=O) groups is 1. The Labute approximate surface area is 108 Å². The summed E-state index contributed by atoms with van der Waals surface area (Å²) in [5, 5.41) is 9.35. The minimum atomic E-state index is -0.692. The highest BCUT2D eigenvalue weighted by Crippen LogP contribution is 2.30. The van der Waals surface area contributed by atoms with Crippen molar-refractivity contribution in [3.8, 4) is 0 Å². The zero-order chi connectivity index (χ0) is 13.0. The van der Waals surface area contributed by atoms with Crippen molar-refractivity contribution in [3.05, 3.63) is 30.1 Å². The highest BCUT2D eigenvalue weighted by molar-refractivity contribution is 5.73. The molecule has 2 atom stereocenters. The van der Waals surface area contributed by atoms with Crippen LogP contribution in [0.25, 0.3) is 0 Å². The zero-order valence-corrected chi connectivity index (χ0v) is 10.7. The van der Waals surface area contributed by atoms with Crippen molar-refractivity contribution in [1.29, 1.82) is 0 Å². The standard InChI is InChI=1S/C14H20N2O2/c1-2-12(11-6-8-15-9-7-11)16-10-4-3-5-13(16)14(17)18/h6-9,12-13H,2-5,10H2,1H3,(H,17,18). The SMILES string of the molecule is CCC(c1ccncc1)N1CCCCC1C(=O)O. The molecule has 0 amide bonds. The number of pyridine rings is 1. The molecule has 1 aliphatic heterocycles. The van der Waals surface area contributed by atoms with Crippen molar-refractivity contribution < 1.29 is 9.90 Å². The third kappa shape index (κ3) is 2.70. The van der Waals surface area contributed by atoms with Gasteiger partial charge in [-0.25, -0.2) is 0 Å². The van der Waals surface area contributed by atoms with Crippen LogP contribution in [0.1, 0.15) is 44.2 Å². The van der Waals surface area contributed by atoms with Gasteiger partial charge in [-0.1, -0.05) is 13.3 Å². The minimum Gasteiger partial charge on any atom is -0.480 e. The molecule has 1 N–H and O–H groups in total. The van der Waals surface area contributed by atoms with E-state index < -0.39 is 5.97 Å². The number of piperidine rings is 1. The molecule has 0 saturated carbocycles. The predicted molar refractivity (Wildman–Crippen MR) is 69.2 cm³/mol. The second-order valence-corrected chi connectivity index (χ2v) is 4.79. The summed E-state index contributed by atoms with van der Waals surface area (Å²) in [5.74, 6) is -0.692. The number of hydrogen-bond donors (Lipinski definition) is 1. The number of carboxylic acids is 1. The van der Waals surface area contributed by atoms with E-state index in [1.54, 1.807) is 12.4 Å². The van der Waals surface area contributed by atoms with Gasteiger partial charge >= 0.3 is 5.97 Å². The Morgan fingerprint density at radius 2 is 2.22 bits per heavy atom. The van der Waals surface area contributed by atoms with Crippen molar-refractivity contribution >= 4 is 5.97 Å². The van der Waals surface area contributed by atoms with Crippen LogP contribution in [0.3, 0.4) is 0 Å². The van der Waals surface area contributed by atoms with Gasteiger partial charge in [-0.15, -0.1) is 0 Å². The van der Waals surface area contributed by atoms with Crippen molar-refractivity contribution in [2.24, 2.45) is 0 Å². The van der Waals surface area contributed by atoms with E-state index in [9.17, 15) is 9.90 Å². The first-order valence-electron chi connectivity index (χ1n) is 6.62. The van der Waals surface area contributed by atoms with Crippen molar-refractivity contribution in [2.45, 2.75) is 44.7 Å². The second-order valence-electron chi connectivity index (χ2n) is 4.79. The first kappa shape index (κ1) is 13.0. The van der Waals surface area contributed by atoms with Gasteiger partial charge in [0.05, 0.1) is 0 Å². The van der Waals surface area contributed by atoms with E-state index in [-0.39, 0.29) is 12.1 Å². The number of rotatable bonds is 4. The smallest absolute Gasteiger partial charge is 0.320 e. The lowest BCUT2D eigenvalue weighted by molar-refractivity contribution is -0.146. The Hall–Kier alpha value is -1.42. The molecule has 4 nitrogen and oxygen atoms in total. The fourth-order valence-electron chi connectivity index (χ4n) is 2.84. The molecule has 1 aromatic heterocycles. The van der Waals surface area contributed by atoms with Crippen molar-refractivity contribution in [1.82, 2.24) is 9.88 Å². The molecule has 98 valence electrons. The van der Waals surface area contributed by atoms with Gasteiger partial charge in [-0.2, -0.15) is 0 Å². The molecular formula is C14H20N2O2. The highest BCUT2D eigenvalue weighted by Gasteiger charge is 2.33. The van der Waals surface area contributed by atoms with Crippen LogP contribution in [-0.4, -0.2) is 33.5 Å². The number of nitrogens with zero attached hydrogens (tertiary/aromatic N) is 2. The van der Waals surface area contributed by atoms with Gasteiger partial charge in [0.15, 0.2) is 0 Å². The van der Waals surface area contributed by atoms with Crippen LogP contribution in [0.2, 0.25) is 0 Å². The summed E-state index contributed by atoms with van der Waals surface area (Å²) in [6.07, 6.45) is 7.34. The number of carboxylic acid groups (broad SMARTS) is 1. The van der Waals surface area contributed by atoms with Crippen LogP contribution in [0.15, 0.2) is 24.5 Å². The summed E-state index contributed by atoms with van der Waals surface area (Å²) in [4.78, 5) is 17.5. The van der Waals surface area contributed by atoms with E-state index in [2.05, 4.69) is 16.8 Å². The lowest BCUT2D eigenvalue weighted by Gasteiger charge is -2.39. The van der Waals surface area contributed by atoms with Crippen molar-refractivity contribution in [3.63, 3.8) is 0 Å². The molecule has 2 unspecified atom stereocenters.